The van der Waals surface area contributed by atoms with Crippen LogP contribution in [0.4, 0.5) is 0 Å². The molecule has 1 aliphatic carbocycles. The maximum Gasteiger partial charge on any atom is 0.234 e. The van der Waals surface area contributed by atoms with Crippen molar-refractivity contribution in [3.63, 3.8) is 0 Å². The van der Waals surface area contributed by atoms with Crippen LogP contribution in [-0.2, 0) is 4.79 Å². The first kappa shape index (κ1) is 8.53. The second-order valence-corrected chi connectivity index (χ2v) is 3.33. The largest absolute Gasteiger partial charge is 0.368 e. The van der Waals surface area contributed by atoms with Gasteiger partial charge in [0, 0.05) is 6.04 Å². The van der Waals surface area contributed by atoms with Gasteiger partial charge in [-0.1, -0.05) is 6.42 Å². The first-order valence-electron chi connectivity index (χ1n) is 4.14. The fourth-order valence-electron chi connectivity index (χ4n) is 1.31. The van der Waals surface area contributed by atoms with Crippen molar-refractivity contribution >= 4 is 5.91 Å². The smallest absolute Gasteiger partial charge is 0.234 e. The van der Waals surface area contributed by atoms with Crippen molar-refractivity contribution < 1.29 is 4.79 Å². The van der Waals surface area contributed by atoms with Crippen LogP contribution >= 0.6 is 0 Å². The maximum atomic E-state index is 10.8. The number of nitrogens with two attached hydrogens (primary N) is 1. The lowest BCUT2D eigenvalue weighted by molar-refractivity contribution is -0.123. The molecule has 64 valence electrons. The van der Waals surface area contributed by atoms with Crippen LogP contribution < -0.4 is 5.73 Å². The number of carbonyl (C=O) groups excluding carboxylic acids is 1. The summed E-state index contributed by atoms with van der Waals surface area (Å²) in [6.45, 7) is 1.86. The molecule has 1 aliphatic rings. The molecule has 0 aromatic carbocycles. The number of likely N-dealkylation sites (N-methyl/N-ethyl adjacent to an activating group) is 1. The zero-order valence-corrected chi connectivity index (χ0v) is 7.21. The highest BCUT2D eigenvalue weighted by atomic mass is 16.1. The third kappa shape index (κ3) is 1.71. The Morgan fingerprint density at radius 2 is 2.18 bits per heavy atom. The Balaban J connectivity index is 2.38. The average molecular weight is 156 g/mol. The van der Waals surface area contributed by atoms with E-state index in [2.05, 4.69) is 4.90 Å². The zero-order chi connectivity index (χ0) is 8.43. The van der Waals surface area contributed by atoms with Crippen LogP contribution in [0.15, 0.2) is 0 Å². The first-order chi connectivity index (χ1) is 5.13. The summed E-state index contributed by atoms with van der Waals surface area (Å²) >= 11 is 0. The molecule has 3 nitrogen and oxygen atoms in total. The summed E-state index contributed by atoms with van der Waals surface area (Å²) < 4.78 is 0. The van der Waals surface area contributed by atoms with Crippen LogP contribution in [0.25, 0.3) is 0 Å². The van der Waals surface area contributed by atoms with Crippen molar-refractivity contribution in [2.75, 3.05) is 7.05 Å². The Labute approximate surface area is 67.5 Å². The molecule has 0 aromatic rings. The normalized spacial score (nSPS) is 21.4. The molecule has 1 amide bonds. The van der Waals surface area contributed by atoms with Crippen molar-refractivity contribution in [3.8, 4) is 0 Å². The monoisotopic (exact) mass is 156 g/mol. The van der Waals surface area contributed by atoms with E-state index in [9.17, 15) is 4.79 Å². The van der Waals surface area contributed by atoms with Gasteiger partial charge in [0.05, 0.1) is 6.04 Å². The number of primary amides is 1. The summed E-state index contributed by atoms with van der Waals surface area (Å²) in [5, 5.41) is 0. The van der Waals surface area contributed by atoms with Crippen molar-refractivity contribution in [3.05, 3.63) is 0 Å². The molecule has 0 spiro atoms. The quantitative estimate of drug-likeness (QED) is 0.640. The van der Waals surface area contributed by atoms with Crippen molar-refractivity contribution in [2.45, 2.75) is 38.3 Å². The maximum absolute atomic E-state index is 10.8. The topological polar surface area (TPSA) is 46.3 Å². The van der Waals surface area contributed by atoms with Crippen LogP contribution in [0, 0.1) is 0 Å². The number of rotatable bonds is 3. The van der Waals surface area contributed by atoms with Crippen LogP contribution in [0.2, 0.25) is 0 Å². The third-order valence-corrected chi connectivity index (χ3v) is 2.67. The molecule has 2 N–H and O–H groups in total. The number of amides is 1. The van der Waals surface area contributed by atoms with E-state index in [0.29, 0.717) is 6.04 Å². The summed E-state index contributed by atoms with van der Waals surface area (Å²) in [6.07, 6.45) is 3.72. The number of nitrogens with zero attached hydrogens (tertiary/aromatic N) is 1. The van der Waals surface area contributed by atoms with E-state index < -0.39 is 0 Å². The summed E-state index contributed by atoms with van der Waals surface area (Å²) in [7, 11) is 1.97. The van der Waals surface area contributed by atoms with Gasteiger partial charge in [-0.05, 0) is 26.8 Å². The Morgan fingerprint density at radius 3 is 2.45 bits per heavy atom. The molecule has 1 rings (SSSR count). The van der Waals surface area contributed by atoms with Crippen LogP contribution in [-0.4, -0.2) is 29.9 Å². The van der Waals surface area contributed by atoms with Gasteiger partial charge in [0.1, 0.15) is 0 Å². The second-order valence-electron chi connectivity index (χ2n) is 3.33. The van der Waals surface area contributed by atoms with E-state index in [4.69, 9.17) is 5.73 Å². The highest BCUT2D eigenvalue weighted by molar-refractivity contribution is 5.79. The molecule has 1 atom stereocenters. The van der Waals surface area contributed by atoms with Gasteiger partial charge in [-0.25, -0.2) is 0 Å². The van der Waals surface area contributed by atoms with Gasteiger partial charge in [-0.3, -0.25) is 9.69 Å². The van der Waals surface area contributed by atoms with E-state index >= 15 is 0 Å². The minimum Gasteiger partial charge on any atom is -0.368 e. The van der Waals surface area contributed by atoms with Gasteiger partial charge in [-0.15, -0.1) is 0 Å². The van der Waals surface area contributed by atoms with Crippen LogP contribution in [0.3, 0.4) is 0 Å². The highest BCUT2D eigenvalue weighted by Crippen LogP contribution is 2.24. The molecular weight excluding hydrogens is 140 g/mol. The molecule has 0 aliphatic heterocycles. The zero-order valence-electron chi connectivity index (χ0n) is 7.21. The van der Waals surface area contributed by atoms with Crippen LogP contribution in [0.1, 0.15) is 26.2 Å². The second kappa shape index (κ2) is 3.22. The highest BCUT2D eigenvalue weighted by Gasteiger charge is 2.27. The lowest BCUT2D eigenvalue weighted by atomic mass is 9.91. The minimum atomic E-state index is -0.223. The van der Waals surface area contributed by atoms with Crippen molar-refractivity contribution in [1.82, 2.24) is 4.90 Å². The molecule has 0 heterocycles. The minimum absolute atomic E-state index is 0.111. The number of carbonyl (C=O) groups is 1. The van der Waals surface area contributed by atoms with Gasteiger partial charge in [-0.2, -0.15) is 0 Å². The SMILES string of the molecule is CC(C(N)=O)N(C)C1CCC1. The lowest BCUT2D eigenvalue weighted by Gasteiger charge is -2.37. The fraction of sp³-hybridized carbons (Fsp3) is 0.875. The van der Waals surface area contributed by atoms with Gasteiger partial charge in [0.15, 0.2) is 0 Å². The number of hydrogen-bond donors (Lipinski definition) is 1. The summed E-state index contributed by atoms with van der Waals surface area (Å²) in [6, 6.07) is 0.484. The standard InChI is InChI=1S/C8H16N2O/c1-6(8(9)11)10(2)7-4-3-5-7/h6-7H,3-5H2,1-2H3,(H2,9,11). The number of hydrogen-bond acceptors (Lipinski definition) is 2. The molecule has 0 saturated heterocycles. The van der Waals surface area contributed by atoms with Crippen molar-refractivity contribution in [1.29, 1.82) is 0 Å². The fourth-order valence-corrected chi connectivity index (χ4v) is 1.31. The summed E-state index contributed by atoms with van der Waals surface area (Å²) in [4.78, 5) is 12.8. The molecule has 0 aromatic heterocycles. The molecule has 3 heteroatoms. The predicted octanol–water partition coefficient (Wildman–Crippen LogP) is 0.345. The Hall–Kier alpha value is -0.570. The Bertz CT molecular complexity index is 154. The molecule has 0 radical (unpaired) electrons. The summed E-state index contributed by atoms with van der Waals surface area (Å²) in [5.41, 5.74) is 5.17. The average Bonchev–Trinajstić information content (AvgIpc) is 1.82. The molecule has 1 saturated carbocycles. The predicted molar refractivity (Wildman–Crippen MR) is 44.1 cm³/mol. The lowest BCUT2D eigenvalue weighted by Crippen LogP contribution is -2.48. The van der Waals surface area contributed by atoms with Crippen molar-refractivity contribution in [2.24, 2.45) is 5.73 Å². The molecule has 1 unspecified atom stereocenters. The molecule has 0 bridgehead atoms. The van der Waals surface area contributed by atoms with E-state index in [-0.39, 0.29) is 11.9 Å². The van der Waals surface area contributed by atoms with Gasteiger partial charge in [0.2, 0.25) is 5.91 Å². The molecule has 11 heavy (non-hydrogen) atoms. The summed E-state index contributed by atoms with van der Waals surface area (Å²) in [5.74, 6) is -0.223. The molecular formula is C8H16N2O. The Kier molecular flexibility index (Phi) is 2.49. The third-order valence-electron chi connectivity index (χ3n) is 2.67. The molecule has 1 fully saturated rings. The van der Waals surface area contributed by atoms with E-state index in [1.807, 2.05) is 14.0 Å². The first-order valence-corrected chi connectivity index (χ1v) is 4.14. The van der Waals surface area contributed by atoms with E-state index in [1.165, 1.54) is 19.3 Å². The Morgan fingerprint density at radius 1 is 1.64 bits per heavy atom. The van der Waals surface area contributed by atoms with E-state index in [1.54, 1.807) is 0 Å². The van der Waals surface area contributed by atoms with Gasteiger partial charge in [0.25, 0.3) is 0 Å². The van der Waals surface area contributed by atoms with E-state index in [0.717, 1.165) is 0 Å². The van der Waals surface area contributed by atoms with Crippen LogP contribution in [0.5, 0.6) is 0 Å². The van der Waals surface area contributed by atoms with Gasteiger partial charge >= 0.3 is 0 Å². The van der Waals surface area contributed by atoms with Gasteiger partial charge < -0.3 is 5.73 Å².